The van der Waals surface area contributed by atoms with Crippen LogP contribution in [0.15, 0.2) is 18.2 Å². The molecule has 1 amide bonds. The molecule has 17 heavy (non-hydrogen) atoms. The number of nitrogens with zero attached hydrogens (tertiary/aromatic N) is 1. The van der Waals surface area contributed by atoms with Crippen LogP contribution < -0.4 is 11.1 Å². The third-order valence-electron chi connectivity index (χ3n) is 2.36. The predicted molar refractivity (Wildman–Crippen MR) is 69.0 cm³/mol. The molecule has 0 radical (unpaired) electrons. The van der Waals surface area contributed by atoms with Crippen molar-refractivity contribution in [2.75, 3.05) is 31.8 Å². The molecule has 0 aliphatic carbocycles. The van der Waals surface area contributed by atoms with Gasteiger partial charge in [-0.25, -0.2) is 0 Å². The average Bonchev–Trinajstić information content (AvgIpc) is 2.28. The van der Waals surface area contributed by atoms with Gasteiger partial charge >= 0.3 is 0 Å². The van der Waals surface area contributed by atoms with Crippen molar-refractivity contribution >= 4 is 17.3 Å². The van der Waals surface area contributed by atoms with Crippen LogP contribution in [-0.4, -0.2) is 42.7 Å². The molecular weight excluding hydrogens is 218 g/mol. The Bertz CT molecular complexity index is 405. The highest BCUT2D eigenvalue weighted by Gasteiger charge is 2.14. The molecule has 1 aromatic carbocycles. The summed E-state index contributed by atoms with van der Waals surface area (Å²) in [7, 11) is 3.38. The number of carbonyl (C=O) groups excluding carboxylic acids is 1. The zero-order valence-corrected chi connectivity index (χ0v) is 10.4. The monoisotopic (exact) mass is 237 g/mol. The number of benzene rings is 1. The third kappa shape index (κ3) is 3.35. The molecule has 0 spiro atoms. The van der Waals surface area contributed by atoms with E-state index in [9.17, 15) is 4.79 Å². The van der Waals surface area contributed by atoms with E-state index in [1.807, 2.05) is 6.92 Å². The molecule has 1 unspecified atom stereocenters. The number of amides is 1. The molecule has 0 heterocycles. The van der Waals surface area contributed by atoms with Crippen LogP contribution in [0.5, 0.6) is 0 Å². The van der Waals surface area contributed by atoms with E-state index < -0.39 is 0 Å². The molecule has 1 atom stereocenters. The van der Waals surface area contributed by atoms with E-state index in [1.54, 1.807) is 32.3 Å². The lowest BCUT2D eigenvalue weighted by molar-refractivity contribution is 0.0828. The van der Waals surface area contributed by atoms with Gasteiger partial charge in [0.2, 0.25) is 0 Å². The van der Waals surface area contributed by atoms with Gasteiger partial charge in [0.25, 0.3) is 5.91 Å². The van der Waals surface area contributed by atoms with Gasteiger partial charge in [0.1, 0.15) is 0 Å². The van der Waals surface area contributed by atoms with Crippen LogP contribution in [0.2, 0.25) is 0 Å². The fourth-order valence-electron chi connectivity index (χ4n) is 1.42. The van der Waals surface area contributed by atoms with Gasteiger partial charge in [-0.3, -0.25) is 4.79 Å². The minimum Gasteiger partial charge on any atom is -0.399 e. The smallest absolute Gasteiger partial charge is 0.255 e. The summed E-state index contributed by atoms with van der Waals surface area (Å²) in [6, 6.07) is 4.93. The van der Waals surface area contributed by atoms with E-state index >= 15 is 0 Å². The number of aliphatic hydroxyl groups is 1. The summed E-state index contributed by atoms with van der Waals surface area (Å²) in [6.07, 6.45) is 0. The van der Waals surface area contributed by atoms with E-state index in [2.05, 4.69) is 5.32 Å². The Labute approximate surface area is 101 Å². The maximum Gasteiger partial charge on any atom is 0.255 e. The highest BCUT2D eigenvalue weighted by Crippen LogP contribution is 2.21. The Balaban J connectivity index is 3.07. The van der Waals surface area contributed by atoms with Crippen molar-refractivity contribution in [2.24, 2.45) is 0 Å². The Kier molecular flexibility index (Phi) is 4.34. The van der Waals surface area contributed by atoms with E-state index in [4.69, 9.17) is 10.8 Å². The Morgan fingerprint density at radius 2 is 2.18 bits per heavy atom. The fourth-order valence-corrected chi connectivity index (χ4v) is 1.42. The van der Waals surface area contributed by atoms with Crippen LogP contribution in [0.4, 0.5) is 11.4 Å². The second-order valence-corrected chi connectivity index (χ2v) is 4.23. The Morgan fingerprint density at radius 3 is 2.71 bits per heavy atom. The number of hydrogen-bond donors (Lipinski definition) is 3. The minimum atomic E-state index is -0.134. The van der Waals surface area contributed by atoms with E-state index in [0.717, 1.165) is 0 Å². The van der Waals surface area contributed by atoms with Crippen LogP contribution in [0, 0.1) is 0 Å². The summed E-state index contributed by atoms with van der Waals surface area (Å²) in [5.41, 5.74) is 7.46. The number of anilines is 2. The molecule has 0 bridgehead atoms. The maximum absolute atomic E-state index is 11.9. The van der Waals surface area contributed by atoms with Gasteiger partial charge in [0, 0.05) is 31.5 Å². The molecule has 94 valence electrons. The molecule has 5 nitrogen and oxygen atoms in total. The fraction of sp³-hybridized carbons (Fsp3) is 0.417. The van der Waals surface area contributed by atoms with Gasteiger partial charge in [-0.2, -0.15) is 0 Å². The lowest BCUT2D eigenvalue weighted by atomic mass is 10.1. The first kappa shape index (κ1) is 13.3. The van der Waals surface area contributed by atoms with Gasteiger partial charge in [0.15, 0.2) is 0 Å². The highest BCUT2D eigenvalue weighted by atomic mass is 16.3. The first-order valence-electron chi connectivity index (χ1n) is 5.44. The van der Waals surface area contributed by atoms with Crippen molar-refractivity contribution in [3.05, 3.63) is 23.8 Å². The number of hydrogen-bond acceptors (Lipinski definition) is 4. The number of nitrogen functional groups attached to an aromatic ring is 1. The number of rotatable bonds is 4. The van der Waals surface area contributed by atoms with Crippen LogP contribution in [0.1, 0.15) is 17.3 Å². The maximum atomic E-state index is 11.9. The molecule has 4 N–H and O–H groups in total. The summed E-state index contributed by atoms with van der Waals surface area (Å²) in [4.78, 5) is 13.4. The topological polar surface area (TPSA) is 78.6 Å². The quantitative estimate of drug-likeness (QED) is 0.676. The van der Waals surface area contributed by atoms with Gasteiger partial charge in [-0.15, -0.1) is 0 Å². The summed E-state index contributed by atoms with van der Waals surface area (Å²) in [6.45, 7) is 1.82. The van der Waals surface area contributed by atoms with Crippen molar-refractivity contribution in [1.29, 1.82) is 0 Å². The minimum absolute atomic E-state index is 0.00953. The molecule has 1 rings (SSSR count). The molecule has 0 aliphatic rings. The van der Waals surface area contributed by atoms with Crippen molar-refractivity contribution in [1.82, 2.24) is 4.90 Å². The zero-order valence-electron chi connectivity index (χ0n) is 10.4. The van der Waals surface area contributed by atoms with Gasteiger partial charge in [-0.05, 0) is 25.1 Å². The lowest BCUT2D eigenvalue weighted by Gasteiger charge is -2.18. The van der Waals surface area contributed by atoms with Crippen molar-refractivity contribution in [3.63, 3.8) is 0 Å². The number of nitrogens with one attached hydrogen (secondary N) is 1. The van der Waals surface area contributed by atoms with Crippen molar-refractivity contribution in [3.8, 4) is 0 Å². The van der Waals surface area contributed by atoms with E-state index in [-0.39, 0.29) is 18.6 Å². The van der Waals surface area contributed by atoms with E-state index in [1.165, 1.54) is 4.90 Å². The summed E-state index contributed by atoms with van der Waals surface area (Å²) in [5.74, 6) is -0.0994. The summed E-state index contributed by atoms with van der Waals surface area (Å²) < 4.78 is 0. The van der Waals surface area contributed by atoms with Gasteiger partial charge in [0.05, 0.1) is 12.2 Å². The molecule has 0 aliphatic heterocycles. The SMILES string of the molecule is CC(CO)Nc1cc(N)ccc1C(=O)N(C)C. The first-order chi connectivity index (χ1) is 7.95. The number of carbonyl (C=O) groups is 1. The molecule has 0 fully saturated rings. The van der Waals surface area contributed by atoms with Crippen LogP contribution in [0.25, 0.3) is 0 Å². The second-order valence-electron chi connectivity index (χ2n) is 4.23. The third-order valence-corrected chi connectivity index (χ3v) is 2.36. The Morgan fingerprint density at radius 1 is 1.53 bits per heavy atom. The molecular formula is C12H19N3O2. The molecule has 1 aromatic rings. The average molecular weight is 237 g/mol. The van der Waals surface area contributed by atoms with Gasteiger partial charge in [-0.1, -0.05) is 0 Å². The lowest BCUT2D eigenvalue weighted by Crippen LogP contribution is -2.26. The predicted octanol–water partition coefficient (Wildman–Crippen LogP) is 0.763. The second kappa shape index (κ2) is 5.54. The van der Waals surface area contributed by atoms with E-state index in [0.29, 0.717) is 16.9 Å². The summed E-state index contributed by atoms with van der Waals surface area (Å²) in [5, 5.41) is 12.1. The highest BCUT2D eigenvalue weighted by molar-refractivity contribution is 6.00. The largest absolute Gasteiger partial charge is 0.399 e. The normalized spacial score (nSPS) is 12.0. The summed E-state index contributed by atoms with van der Waals surface area (Å²) >= 11 is 0. The van der Waals surface area contributed by atoms with Crippen LogP contribution in [-0.2, 0) is 0 Å². The number of nitrogens with two attached hydrogens (primary N) is 1. The molecule has 0 saturated heterocycles. The van der Waals surface area contributed by atoms with Gasteiger partial charge < -0.3 is 21.1 Å². The Hall–Kier alpha value is -1.75. The molecule has 5 heteroatoms. The molecule has 0 saturated carbocycles. The zero-order chi connectivity index (χ0) is 13.0. The van der Waals surface area contributed by atoms with Crippen molar-refractivity contribution < 1.29 is 9.90 Å². The van der Waals surface area contributed by atoms with Crippen LogP contribution >= 0.6 is 0 Å². The van der Waals surface area contributed by atoms with Crippen LogP contribution in [0.3, 0.4) is 0 Å². The first-order valence-corrected chi connectivity index (χ1v) is 5.44. The number of aliphatic hydroxyl groups excluding tert-OH is 1. The molecule has 0 aromatic heterocycles. The van der Waals surface area contributed by atoms with Crippen molar-refractivity contribution in [2.45, 2.75) is 13.0 Å². The standard InChI is InChI=1S/C12H19N3O2/c1-8(7-16)14-11-6-9(13)4-5-10(11)12(17)15(2)3/h4-6,8,14,16H,7,13H2,1-3H3.